The van der Waals surface area contributed by atoms with E-state index in [-0.39, 0.29) is 28.8 Å². The Bertz CT molecular complexity index is 1470. The van der Waals surface area contributed by atoms with E-state index in [0.29, 0.717) is 11.3 Å². The van der Waals surface area contributed by atoms with Gasteiger partial charge in [-0.3, -0.25) is 18.7 Å². The highest BCUT2D eigenvalue weighted by Crippen LogP contribution is 2.14. The van der Waals surface area contributed by atoms with Crippen molar-refractivity contribution < 1.29 is 13.2 Å². The summed E-state index contributed by atoms with van der Waals surface area (Å²) in [4.78, 5) is 40.3. The van der Waals surface area contributed by atoms with Gasteiger partial charge >= 0.3 is 5.69 Å². The quantitative estimate of drug-likeness (QED) is 0.577. The summed E-state index contributed by atoms with van der Waals surface area (Å²) < 4.78 is 27.2. The number of rotatable bonds is 3. The Balaban J connectivity index is 2.11. The van der Waals surface area contributed by atoms with E-state index in [1.807, 2.05) is 0 Å². The number of sulfone groups is 1. The molecule has 0 aliphatic heterocycles. The summed E-state index contributed by atoms with van der Waals surface area (Å²) in [5.74, 6) is 5.50. The van der Waals surface area contributed by atoms with E-state index in [1.165, 1.54) is 21.0 Å². The minimum Gasteiger partial charge on any atom is -0.326 e. The predicted octanol–water partition coefficient (Wildman–Crippen LogP) is -0.153. The molecule has 0 saturated heterocycles. The molecule has 3 rings (SSSR count). The summed E-state index contributed by atoms with van der Waals surface area (Å²) in [6.07, 6.45) is 0.975. The van der Waals surface area contributed by atoms with E-state index in [1.54, 1.807) is 24.3 Å². The van der Waals surface area contributed by atoms with E-state index in [9.17, 15) is 22.8 Å². The first-order valence-electron chi connectivity index (χ1n) is 8.73. The molecule has 0 aliphatic rings. The molecule has 0 atom stereocenters. The van der Waals surface area contributed by atoms with E-state index in [4.69, 9.17) is 0 Å². The molecular weight excluding hydrogens is 410 g/mol. The highest BCUT2D eigenvalue weighted by molar-refractivity contribution is 7.90. The first-order valence-corrected chi connectivity index (χ1v) is 10.6. The number of hydrogen-bond donors (Lipinski definition) is 1. The predicted molar refractivity (Wildman–Crippen MR) is 111 cm³/mol. The molecule has 2 aromatic heterocycles. The fourth-order valence-electron chi connectivity index (χ4n) is 2.98. The molecule has 1 N–H and O–H groups in total. The van der Waals surface area contributed by atoms with Crippen molar-refractivity contribution in [2.75, 3.05) is 11.6 Å². The molecule has 156 valence electrons. The van der Waals surface area contributed by atoms with Gasteiger partial charge in [0, 0.05) is 38.5 Å². The summed E-state index contributed by atoms with van der Waals surface area (Å²) in [5, 5.41) is 2.34. The van der Waals surface area contributed by atoms with Crippen molar-refractivity contribution in [3.63, 3.8) is 0 Å². The fourth-order valence-corrected chi connectivity index (χ4v) is 3.82. The molecule has 10 nitrogen and oxygen atoms in total. The number of nitrogens with zero attached hydrogens (tertiary/aromatic N) is 4. The molecule has 3 aromatic rings. The van der Waals surface area contributed by atoms with Gasteiger partial charge in [0.25, 0.3) is 5.56 Å². The summed E-state index contributed by atoms with van der Waals surface area (Å²) >= 11 is 0. The lowest BCUT2D eigenvalue weighted by molar-refractivity contribution is -0.114. The number of nitrogens with one attached hydrogen (secondary N) is 1. The fraction of sp³-hybridized carbons (Fsp3) is 0.263. The maximum atomic E-state index is 12.6. The Morgan fingerprint density at radius 3 is 2.53 bits per heavy atom. The van der Waals surface area contributed by atoms with Crippen molar-refractivity contribution in [1.29, 1.82) is 0 Å². The zero-order chi connectivity index (χ0) is 22.2. The molecule has 2 heterocycles. The van der Waals surface area contributed by atoms with E-state index in [0.717, 1.165) is 20.0 Å². The average molecular weight is 429 g/mol. The van der Waals surface area contributed by atoms with E-state index in [2.05, 4.69) is 22.1 Å². The molecule has 0 unspecified atom stereocenters. The number of benzene rings is 1. The van der Waals surface area contributed by atoms with E-state index >= 15 is 0 Å². The second-order valence-corrected chi connectivity index (χ2v) is 8.60. The van der Waals surface area contributed by atoms with Crippen LogP contribution in [0.4, 0.5) is 5.69 Å². The van der Waals surface area contributed by atoms with Crippen molar-refractivity contribution in [3.8, 4) is 11.8 Å². The topological polar surface area (TPSA) is 125 Å². The van der Waals surface area contributed by atoms with Crippen LogP contribution in [-0.4, -0.2) is 39.3 Å². The van der Waals surface area contributed by atoms with Gasteiger partial charge in [0.05, 0.1) is 6.54 Å². The smallest absolute Gasteiger partial charge is 0.326 e. The lowest BCUT2D eigenvalue weighted by Crippen LogP contribution is -2.38. The first kappa shape index (κ1) is 21.1. The van der Waals surface area contributed by atoms with Gasteiger partial charge in [-0.25, -0.2) is 13.2 Å². The molecular formula is C19H19N5O5S. The largest absolute Gasteiger partial charge is 0.333 e. The summed E-state index contributed by atoms with van der Waals surface area (Å²) in [6.45, 7) is 1.28. The van der Waals surface area contributed by atoms with E-state index < -0.39 is 21.1 Å². The number of aromatic nitrogens is 4. The molecule has 0 fully saturated rings. The Hall–Kier alpha value is -3.65. The van der Waals surface area contributed by atoms with Gasteiger partial charge in [-0.1, -0.05) is 17.9 Å². The maximum Gasteiger partial charge on any atom is 0.333 e. The van der Waals surface area contributed by atoms with Gasteiger partial charge in [0.15, 0.2) is 11.2 Å². The van der Waals surface area contributed by atoms with Gasteiger partial charge < -0.3 is 9.88 Å². The normalized spacial score (nSPS) is 11.2. The number of aryl methyl sites for hydroxylation is 1. The molecule has 1 amide bonds. The van der Waals surface area contributed by atoms with Gasteiger partial charge in [0.1, 0.15) is 0 Å². The third-order valence-electron chi connectivity index (χ3n) is 4.30. The van der Waals surface area contributed by atoms with Crippen LogP contribution in [0.2, 0.25) is 0 Å². The molecule has 0 saturated carbocycles. The maximum absolute atomic E-state index is 12.6. The lowest BCUT2D eigenvalue weighted by Gasteiger charge is -2.05. The van der Waals surface area contributed by atoms with Gasteiger partial charge in [-0.15, -0.1) is 0 Å². The standard InChI is InChI=1S/C19H19N5O5S/c1-12(25)20-14-9-5-7-13(11-14)8-6-10-24-16-15(17(26)23(3)19(24)27)22(2)18(21-16)30(4,28)29/h5,7,9,11H,10H2,1-4H3,(H,20,25). The Kier molecular flexibility index (Phi) is 5.37. The van der Waals surface area contributed by atoms with Gasteiger partial charge in [0.2, 0.25) is 20.9 Å². The Morgan fingerprint density at radius 1 is 1.20 bits per heavy atom. The summed E-state index contributed by atoms with van der Waals surface area (Å²) in [6, 6.07) is 6.85. The lowest BCUT2D eigenvalue weighted by atomic mass is 10.2. The van der Waals surface area contributed by atoms with Crippen LogP contribution >= 0.6 is 0 Å². The zero-order valence-corrected chi connectivity index (χ0v) is 17.6. The molecule has 0 aliphatic carbocycles. The zero-order valence-electron chi connectivity index (χ0n) is 16.8. The van der Waals surface area contributed by atoms with Crippen LogP contribution in [0.5, 0.6) is 0 Å². The van der Waals surface area contributed by atoms with Crippen LogP contribution in [0.1, 0.15) is 12.5 Å². The molecule has 0 radical (unpaired) electrons. The van der Waals surface area contributed by atoms with Crippen molar-refractivity contribution in [2.24, 2.45) is 14.1 Å². The molecule has 1 aromatic carbocycles. The third kappa shape index (κ3) is 3.90. The SMILES string of the molecule is CC(=O)Nc1cccc(C#CCn2c(=O)n(C)c(=O)c3c2nc(S(C)(=O)=O)n3C)c1. The van der Waals surface area contributed by atoms with Gasteiger partial charge in [-0.2, -0.15) is 4.98 Å². The second kappa shape index (κ2) is 7.64. The van der Waals surface area contributed by atoms with Crippen LogP contribution in [0.15, 0.2) is 39.0 Å². The van der Waals surface area contributed by atoms with Gasteiger partial charge in [-0.05, 0) is 18.2 Å². The third-order valence-corrected chi connectivity index (χ3v) is 5.33. The number of imidazole rings is 1. The van der Waals surface area contributed by atoms with Crippen molar-refractivity contribution in [3.05, 3.63) is 50.7 Å². The van der Waals surface area contributed by atoms with Crippen molar-refractivity contribution in [1.82, 2.24) is 18.7 Å². The van der Waals surface area contributed by atoms with Crippen LogP contribution in [-0.2, 0) is 35.3 Å². The number of amides is 1. The monoisotopic (exact) mass is 429 g/mol. The summed E-state index contributed by atoms with van der Waals surface area (Å²) in [5.41, 5.74) is -0.176. The van der Waals surface area contributed by atoms with Crippen molar-refractivity contribution >= 4 is 32.6 Å². The molecule has 0 spiro atoms. The molecule has 30 heavy (non-hydrogen) atoms. The number of carbonyl (C=O) groups excluding carboxylic acids is 1. The average Bonchev–Trinajstić information content (AvgIpc) is 3.00. The first-order chi connectivity index (χ1) is 14.0. The number of hydrogen-bond acceptors (Lipinski definition) is 6. The van der Waals surface area contributed by atoms with Crippen LogP contribution in [0, 0.1) is 11.8 Å². The summed E-state index contributed by atoms with van der Waals surface area (Å²) in [7, 11) is -1.01. The number of carbonyl (C=O) groups is 1. The minimum atomic E-state index is -3.71. The number of anilines is 1. The Morgan fingerprint density at radius 2 is 1.90 bits per heavy atom. The number of fused-ring (bicyclic) bond motifs is 1. The molecule has 0 bridgehead atoms. The highest BCUT2D eigenvalue weighted by Gasteiger charge is 2.23. The van der Waals surface area contributed by atoms with Crippen molar-refractivity contribution in [2.45, 2.75) is 18.6 Å². The van der Waals surface area contributed by atoms with Crippen LogP contribution in [0.3, 0.4) is 0 Å². The molecule has 11 heteroatoms. The Labute approximate surface area is 171 Å². The highest BCUT2D eigenvalue weighted by atomic mass is 32.2. The minimum absolute atomic E-state index is 0.00743. The second-order valence-electron chi connectivity index (χ2n) is 6.69. The van der Waals surface area contributed by atoms with Crippen LogP contribution < -0.4 is 16.6 Å². The van der Waals surface area contributed by atoms with Crippen LogP contribution in [0.25, 0.3) is 11.2 Å².